The van der Waals surface area contributed by atoms with Crippen LogP contribution in [0.2, 0.25) is 0 Å². The zero-order valence-corrected chi connectivity index (χ0v) is 15.2. The maximum Gasteiger partial charge on any atom is 0.0729 e. The summed E-state index contributed by atoms with van der Waals surface area (Å²) < 4.78 is 0. The zero-order valence-electron chi connectivity index (χ0n) is 14.4. The van der Waals surface area contributed by atoms with Crippen molar-refractivity contribution in [3.63, 3.8) is 0 Å². The van der Waals surface area contributed by atoms with Gasteiger partial charge in [-0.15, -0.1) is 12.4 Å². The van der Waals surface area contributed by atoms with Gasteiger partial charge in [0.05, 0.1) is 11.2 Å². The van der Waals surface area contributed by atoms with Crippen LogP contribution in [0.25, 0.3) is 33.1 Å². The predicted octanol–water partition coefficient (Wildman–Crippen LogP) is 5.94. The molecule has 0 spiro atoms. The first-order valence-corrected chi connectivity index (χ1v) is 8.51. The van der Waals surface area contributed by atoms with Gasteiger partial charge in [-0.1, -0.05) is 18.2 Å². The topological polar surface area (TPSA) is 53.6 Å². The number of nitrogens with zero attached hydrogens (tertiary/aromatic N) is 2. The van der Waals surface area contributed by atoms with E-state index in [2.05, 4.69) is 62.7 Å². The number of aromatic amines is 1. The van der Waals surface area contributed by atoms with Crippen molar-refractivity contribution in [3.8, 4) is 11.3 Å². The van der Waals surface area contributed by atoms with E-state index in [9.17, 15) is 0 Å². The molecule has 0 aliphatic heterocycles. The number of nitrogens with one attached hydrogen (secondary N) is 2. The number of benzene rings is 2. The highest BCUT2D eigenvalue weighted by molar-refractivity contribution is 5.95. The van der Waals surface area contributed by atoms with Gasteiger partial charge in [-0.3, -0.25) is 9.97 Å². The molecule has 4 nitrogen and oxygen atoms in total. The summed E-state index contributed by atoms with van der Waals surface area (Å²) in [5.74, 6) is 0. The Balaban J connectivity index is 0.00000180. The molecule has 0 radical (unpaired) electrons. The molecule has 0 unspecified atom stereocenters. The van der Waals surface area contributed by atoms with Crippen LogP contribution in [0.15, 0.2) is 85.3 Å². The van der Waals surface area contributed by atoms with Gasteiger partial charge >= 0.3 is 0 Å². The van der Waals surface area contributed by atoms with Crippen LogP contribution in [-0.4, -0.2) is 15.0 Å². The first-order chi connectivity index (χ1) is 12.9. The van der Waals surface area contributed by atoms with E-state index in [4.69, 9.17) is 0 Å². The van der Waals surface area contributed by atoms with Gasteiger partial charge < -0.3 is 10.3 Å². The fourth-order valence-electron chi connectivity index (χ4n) is 3.24. The molecule has 2 N–H and O–H groups in total. The largest absolute Gasteiger partial charge is 0.361 e. The average molecular weight is 373 g/mol. The minimum Gasteiger partial charge on any atom is -0.361 e. The molecule has 3 aromatic heterocycles. The number of anilines is 2. The molecule has 0 saturated carbocycles. The average Bonchev–Trinajstić information content (AvgIpc) is 3.16. The van der Waals surface area contributed by atoms with Crippen LogP contribution in [0.4, 0.5) is 11.4 Å². The Morgan fingerprint density at radius 2 is 1.78 bits per heavy atom. The van der Waals surface area contributed by atoms with Gasteiger partial charge in [0, 0.05) is 51.8 Å². The van der Waals surface area contributed by atoms with Gasteiger partial charge in [-0.2, -0.15) is 0 Å². The first-order valence-electron chi connectivity index (χ1n) is 8.51. The van der Waals surface area contributed by atoms with E-state index < -0.39 is 0 Å². The number of halogens is 1. The molecule has 5 rings (SSSR count). The summed E-state index contributed by atoms with van der Waals surface area (Å²) in [6.45, 7) is 0. The Morgan fingerprint density at radius 1 is 0.815 bits per heavy atom. The molecular weight excluding hydrogens is 356 g/mol. The lowest BCUT2D eigenvalue weighted by Crippen LogP contribution is -1.93. The highest BCUT2D eigenvalue weighted by Gasteiger charge is 2.06. The van der Waals surface area contributed by atoms with Crippen molar-refractivity contribution in [2.24, 2.45) is 0 Å². The Hall–Kier alpha value is -3.37. The van der Waals surface area contributed by atoms with Crippen molar-refractivity contribution in [2.45, 2.75) is 0 Å². The first kappa shape index (κ1) is 17.1. The highest BCUT2D eigenvalue weighted by Crippen LogP contribution is 2.29. The van der Waals surface area contributed by atoms with E-state index in [1.807, 2.05) is 42.9 Å². The summed E-state index contributed by atoms with van der Waals surface area (Å²) in [5, 5.41) is 5.79. The second-order valence-corrected chi connectivity index (χ2v) is 6.21. The van der Waals surface area contributed by atoms with Gasteiger partial charge in [0.25, 0.3) is 0 Å². The van der Waals surface area contributed by atoms with Crippen LogP contribution in [-0.2, 0) is 0 Å². The monoisotopic (exact) mass is 372 g/mol. The molecule has 0 atom stereocenters. The van der Waals surface area contributed by atoms with Crippen LogP contribution >= 0.6 is 12.4 Å². The lowest BCUT2D eigenvalue weighted by molar-refractivity contribution is 1.32. The third kappa shape index (κ3) is 3.23. The summed E-state index contributed by atoms with van der Waals surface area (Å²) in [7, 11) is 0. The van der Waals surface area contributed by atoms with Gasteiger partial charge in [0.15, 0.2) is 0 Å². The summed E-state index contributed by atoms with van der Waals surface area (Å²) in [6.07, 6.45) is 5.60. The third-order valence-corrected chi connectivity index (χ3v) is 4.54. The maximum absolute atomic E-state index is 4.54. The molecule has 3 heterocycles. The molecular formula is C22H17ClN4. The number of fused-ring (bicyclic) bond motifs is 2. The number of H-pyrrole nitrogens is 1. The fourth-order valence-corrected chi connectivity index (χ4v) is 3.24. The second kappa shape index (κ2) is 7.09. The molecule has 0 aliphatic carbocycles. The summed E-state index contributed by atoms with van der Waals surface area (Å²) >= 11 is 0. The van der Waals surface area contributed by atoms with Crippen LogP contribution in [0.5, 0.6) is 0 Å². The van der Waals surface area contributed by atoms with Gasteiger partial charge in [0.1, 0.15) is 0 Å². The van der Waals surface area contributed by atoms with E-state index in [-0.39, 0.29) is 12.4 Å². The molecule has 2 aromatic carbocycles. The third-order valence-electron chi connectivity index (χ3n) is 4.54. The number of hydrogen-bond donors (Lipinski definition) is 2. The van der Waals surface area contributed by atoms with E-state index in [0.29, 0.717) is 0 Å². The quantitative estimate of drug-likeness (QED) is 0.412. The Labute approximate surface area is 162 Å². The molecule has 132 valence electrons. The standard InChI is InChI=1S/C22H16N4.ClH/c1-2-10-23-19(3-1)15-4-6-18-21(9-12-25-22(18)14-15)26-17-5-7-20-16(13-17)8-11-24-20;/h1-14,24H,(H,25,26);1H. The number of hydrogen-bond acceptors (Lipinski definition) is 3. The number of rotatable bonds is 3. The summed E-state index contributed by atoms with van der Waals surface area (Å²) in [6, 6.07) is 22.6. The predicted molar refractivity (Wildman–Crippen MR) is 114 cm³/mol. The van der Waals surface area contributed by atoms with Crippen molar-refractivity contribution in [1.82, 2.24) is 15.0 Å². The van der Waals surface area contributed by atoms with E-state index in [0.717, 1.165) is 39.1 Å². The molecule has 27 heavy (non-hydrogen) atoms. The lowest BCUT2D eigenvalue weighted by atomic mass is 10.1. The van der Waals surface area contributed by atoms with Crippen LogP contribution in [0, 0.1) is 0 Å². The zero-order chi connectivity index (χ0) is 17.3. The highest BCUT2D eigenvalue weighted by atomic mass is 35.5. The smallest absolute Gasteiger partial charge is 0.0729 e. The van der Waals surface area contributed by atoms with Crippen molar-refractivity contribution >= 4 is 45.6 Å². The normalized spacial score (nSPS) is 10.7. The molecule has 5 aromatic rings. The Bertz CT molecular complexity index is 1210. The van der Waals surface area contributed by atoms with Gasteiger partial charge in [-0.05, 0) is 48.5 Å². The number of pyridine rings is 2. The lowest BCUT2D eigenvalue weighted by Gasteiger charge is -2.11. The minimum absolute atomic E-state index is 0. The minimum atomic E-state index is 0. The second-order valence-electron chi connectivity index (χ2n) is 6.21. The van der Waals surface area contributed by atoms with Crippen LogP contribution in [0.1, 0.15) is 0 Å². The molecule has 0 fully saturated rings. The number of aromatic nitrogens is 3. The van der Waals surface area contributed by atoms with Crippen molar-refractivity contribution in [2.75, 3.05) is 5.32 Å². The van der Waals surface area contributed by atoms with Gasteiger partial charge in [0.2, 0.25) is 0 Å². The molecule has 0 amide bonds. The van der Waals surface area contributed by atoms with Crippen molar-refractivity contribution < 1.29 is 0 Å². The van der Waals surface area contributed by atoms with Crippen molar-refractivity contribution in [3.05, 3.63) is 85.3 Å². The van der Waals surface area contributed by atoms with E-state index >= 15 is 0 Å². The molecule has 0 bridgehead atoms. The van der Waals surface area contributed by atoms with Crippen LogP contribution in [0.3, 0.4) is 0 Å². The van der Waals surface area contributed by atoms with Gasteiger partial charge in [-0.25, -0.2) is 0 Å². The molecule has 5 heteroatoms. The SMILES string of the molecule is Cl.c1ccc(-c2ccc3c(Nc4ccc5[nH]ccc5c4)ccnc3c2)nc1. The fraction of sp³-hybridized carbons (Fsp3) is 0. The molecule has 0 aliphatic rings. The summed E-state index contributed by atoms with van der Waals surface area (Å²) in [5.41, 5.74) is 6.19. The van der Waals surface area contributed by atoms with Crippen molar-refractivity contribution in [1.29, 1.82) is 0 Å². The maximum atomic E-state index is 4.54. The molecule has 0 saturated heterocycles. The Morgan fingerprint density at radius 3 is 2.67 bits per heavy atom. The van der Waals surface area contributed by atoms with E-state index in [1.54, 1.807) is 0 Å². The summed E-state index contributed by atoms with van der Waals surface area (Å²) in [4.78, 5) is 12.2. The van der Waals surface area contributed by atoms with Crippen LogP contribution < -0.4 is 5.32 Å². The Kier molecular flexibility index (Phi) is 4.48. The van der Waals surface area contributed by atoms with E-state index in [1.165, 1.54) is 5.39 Å².